The van der Waals surface area contributed by atoms with Crippen molar-refractivity contribution in [2.75, 3.05) is 5.32 Å². The first-order valence-corrected chi connectivity index (χ1v) is 6.76. The molecule has 2 heterocycles. The predicted molar refractivity (Wildman–Crippen MR) is 76.7 cm³/mol. The summed E-state index contributed by atoms with van der Waals surface area (Å²) >= 11 is 0. The Hall–Kier alpha value is -2.90. The average Bonchev–Trinajstić information content (AvgIpc) is 2.77. The number of benzene rings is 1. The molecule has 0 radical (unpaired) electrons. The van der Waals surface area contributed by atoms with Crippen molar-refractivity contribution in [3.8, 4) is 0 Å². The summed E-state index contributed by atoms with van der Waals surface area (Å²) in [6.45, 7) is 4.59. The molecule has 8 heteroatoms. The van der Waals surface area contributed by atoms with Crippen LogP contribution in [-0.4, -0.2) is 22.9 Å². The fourth-order valence-electron chi connectivity index (χ4n) is 2.12. The van der Waals surface area contributed by atoms with Crippen LogP contribution in [0.25, 0.3) is 11.0 Å². The van der Waals surface area contributed by atoms with Gasteiger partial charge in [-0.25, -0.2) is 14.0 Å². The molecule has 0 bridgehead atoms. The van der Waals surface area contributed by atoms with Gasteiger partial charge < -0.3 is 19.3 Å². The quantitative estimate of drug-likeness (QED) is 0.516. The monoisotopic (exact) mass is 320 g/mol. The Morgan fingerprint density at radius 3 is 2.52 bits per heavy atom. The number of hydrogen-bond donors (Lipinski definition) is 1. The van der Waals surface area contributed by atoms with Gasteiger partial charge in [0.15, 0.2) is 11.2 Å². The van der Waals surface area contributed by atoms with E-state index in [0.717, 1.165) is 12.3 Å². The first-order valence-electron chi connectivity index (χ1n) is 6.76. The van der Waals surface area contributed by atoms with E-state index < -0.39 is 23.5 Å². The second kappa shape index (κ2) is 5.08. The van der Waals surface area contributed by atoms with Crippen LogP contribution in [0.1, 0.15) is 19.5 Å². The maximum atomic E-state index is 14.0. The molecule has 1 N–H and O–H groups in total. The summed E-state index contributed by atoms with van der Waals surface area (Å²) in [6.07, 6.45) is 1.05. The van der Waals surface area contributed by atoms with E-state index in [0.29, 0.717) is 16.7 Å². The molecule has 1 aromatic carbocycles. The standard InChI is InChI=1S/C15H13FN2O5/c1-7-8-4-11(10(16)5-12(8)23-18-7)17-6-9-13(19)21-15(2,3)22-14(9)20/h4-6,17H,1-3H3. The number of anilines is 1. The third-order valence-corrected chi connectivity index (χ3v) is 3.23. The molecule has 0 amide bonds. The van der Waals surface area contributed by atoms with Crippen molar-refractivity contribution < 1.29 is 28.0 Å². The zero-order valence-corrected chi connectivity index (χ0v) is 12.6. The number of nitrogens with zero attached hydrogens (tertiary/aromatic N) is 1. The van der Waals surface area contributed by atoms with Crippen LogP contribution in [0.4, 0.5) is 10.1 Å². The van der Waals surface area contributed by atoms with E-state index in [1.54, 1.807) is 6.92 Å². The lowest BCUT2D eigenvalue weighted by molar-refractivity contribution is -0.222. The summed E-state index contributed by atoms with van der Waals surface area (Å²) in [5, 5.41) is 6.92. The highest BCUT2D eigenvalue weighted by Crippen LogP contribution is 2.26. The number of esters is 2. The van der Waals surface area contributed by atoms with Gasteiger partial charge >= 0.3 is 11.9 Å². The van der Waals surface area contributed by atoms with Gasteiger partial charge in [-0.05, 0) is 13.0 Å². The molecule has 23 heavy (non-hydrogen) atoms. The van der Waals surface area contributed by atoms with Crippen molar-refractivity contribution in [2.45, 2.75) is 26.6 Å². The Bertz CT molecular complexity index is 831. The maximum Gasteiger partial charge on any atom is 0.350 e. The number of aromatic nitrogens is 1. The summed E-state index contributed by atoms with van der Waals surface area (Å²) in [7, 11) is 0. The molecular weight excluding hydrogens is 307 g/mol. The fourth-order valence-corrected chi connectivity index (χ4v) is 2.12. The number of halogens is 1. The second-order valence-electron chi connectivity index (χ2n) is 5.48. The zero-order valence-electron chi connectivity index (χ0n) is 12.6. The molecule has 120 valence electrons. The Labute approximate surface area is 130 Å². The van der Waals surface area contributed by atoms with Crippen LogP contribution < -0.4 is 5.32 Å². The van der Waals surface area contributed by atoms with Crippen molar-refractivity contribution in [3.05, 3.63) is 35.4 Å². The lowest BCUT2D eigenvalue weighted by Crippen LogP contribution is -2.42. The van der Waals surface area contributed by atoms with Gasteiger partial charge in [0.05, 0.1) is 11.4 Å². The topological polar surface area (TPSA) is 90.7 Å². The molecule has 2 aromatic rings. The number of fused-ring (bicyclic) bond motifs is 1. The van der Waals surface area contributed by atoms with Gasteiger partial charge in [0, 0.05) is 31.5 Å². The predicted octanol–water partition coefficient (Wildman–Crippen LogP) is 2.41. The van der Waals surface area contributed by atoms with E-state index in [4.69, 9.17) is 14.0 Å². The first-order chi connectivity index (χ1) is 10.8. The van der Waals surface area contributed by atoms with Crippen LogP contribution in [0.2, 0.25) is 0 Å². The van der Waals surface area contributed by atoms with Gasteiger partial charge in [-0.15, -0.1) is 0 Å². The molecule has 0 unspecified atom stereocenters. The molecule has 0 spiro atoms. The molecule has 0 atom stereocenters. The Morgan fingerprint density at radius 1 is 1.22 bits per heavy atom. The van der Waals surface area contributed by atoms with Crippen molar-refractivity contribution >= 4 is 28.6 Å². The highest BCUT2D eigenvalue weighted by atomic mass is 19.1. The van der Waals surface area contributed by atoms with Gasteiger partial charge in [0.2, 0.25) is 0 Å². The minimum Gasteiger partial charge on any atom is -0.419 e. The average molecular weight is 320 g/mol. The Morgan fingerprint density at radius 2 is 1.87 bits per heavy atom. The summed E-state index contributed by atoms with van der Waals surface area (Å²) in [4.78, 5) is 23.6. The van der Waals surface area contributed by atoms with Crippen LogP contribution in [0.3, 0.4) is 0 Å². The molecule has 7 nitrogen and oxygen atoms in total. The molecule has 0 aliphatic carbocycles. The number of nitrogens with one attached hydrogen (secondary N) is 1. The highest BCUT2D eigenvalue weighted by Gasteiger charge is 2.39. The molecule has 0 saturated carbocycles. The van der Waals surface area contributed by atoms with E-state index in [-0.39, 0.29) is 11.3 Å². The van der Waals surface area contributed by atoms with Crippen LogP contribution in [0.5, 0.6) is 0 Å². The molecule has 3 rings (SSSR count). The Balaban J connectivity index is 1.90. The van der Waals surface area contributed by atoms with Gasteiger partial charge in [-0.2, -0.15) is 0 Å². The van der Waals surface area contributed by atoms with Crippen molar-refractivity contribution in [1.82, 2.24) is 5.16 Å². The van der Waals surface area contributed by atoms with E-state index >= 15 is 0 Å². The lowest BCUT2D eigenvalue weighted by atomic mass is 10.2. The third kappa shape index (κ3) is 2.75. The maximum absolute atomic E-state index is 14.0. The van der Waals surface area contributed by atoms with Crippen LogP contribution in [-0.2, 0) is 19.1 Å². The second-order valence-corrected chi connectivity index (χ2v) is 5.48. The summed E-state index contributed by atoms with van der Waals surface area (Å²) < 4.78 is 28.8. The van der Waals surface area contributed by atoms with Gasteiger partial charge in [0.1, 0.15) is 5.82 Å². The molecular formula is C15H13FN2O5. The molecule has 1 aliphatic heterocycles. The number of ether oxygens (including phenoxy) is 2. The number of carbonyl (C=O) groups excluding carboxylic acids is 2. The summed E-state index contributed by atoms with van der Waals surface area (Å²) in [5.74, 6) is -3.64. The molecule has 1 saturated heterocycles. The molecule has 1 fully saturated rings. The van der Waals surface area contributed by atoms with Crippen molar-refractivity contribution in [2.24, 2.45) is 0 Å². The Kier molecular flexibility index (Phi) is 3.32. The van der Waals surface area contributed by atoms with Crippen molar-refractivity contribution in [3.63, 3.8) is 0 Å². The number of aryl methyl sites for hydroxylation is 1. The number of cyclic esters (lactones) is 2. The minimum atomic E-state index is -1.32. The molecule has 1 aromatic heterocycles. The fraction of sp³-hybridized carbons (Fsp3) is 0.267. The minimum absolute atomic E-state index is 0.0572. The van der Waals surface area contributed by atoms with E-state index in [2.05, 4.69) is 10.5 Å². The molecule has 1 aliphatic rings. The lowest BCUT2D eigenvalue weighted by Gasteiger charge is -2.29. The third-order valence-electron chi connectivity index (χ3n) is 3.23. The zero-order chi connectivity index (χ0) is 16.8. The SMILES string of the molecule is Cc1noc2cc(F)c(NC=C3C(=O)OC(C)(C)OC3=O)cc12. The van der Waals surface area contributed by atoms with E-state index in [1.807, 2.05) is 0 Å². The largest absolute Gasteiger partial charge is 0.419 e. The smallest absolute Gasteiger partial charge is 0.350 e. The number of carbonyl (C=O) groups is 2. The number of hydrogen-bond acceptors (Lipinski definition) is 7. The number of rotatable bonds is 2. The van der Waals surface area contributed by atoms with Crippen LogP contribution in [0, 0.1) is 12.7 Å². The first kappa shape index (κ1) is 15.0. The normalized spacial score (nSPS) is 17.0. The van der Waals surface area contributed by atoms with E-state index in [1.165, 1.54) is 19.9 Å². The highest BCUT2D eigenvalue weighted by molar-refractivity contribution is 6.15. The summed E-state index contributed by atoms with van der Waals surface area (Å²) in [5.41, 5.74) is 0.595. The van der Waals surface area contributed by atoms with Gasteiger partial charge in [-0.1, -0.05) is 5.16 Å². The van der Waals surface area contributed by atoms with Gasteiger partial charge in [-0.3, -0.25) is 0 Å². The summed E-state index contributed by atoms with van der Waals surface area (Å²) in [6, 6.07) is 2.63. The van der Waals surface area contributed by atoms with E-state index in [9.17, 15) is 14.0 Å². The van der Waals surface area contributed by atoms with Crippen LogP contribution in [0.15, 0.2) is 28.4 Å². The van der Waals surface area contributed by atoms with Gasteiger partial charge in [0.25, 0.3) is 5.79 Å². The van der Waals surface area contributed by atoms with Crippen molar-refractivity contribution in [1.29, 1.82) is 0 Å². The van der Waals surface area contributed by atoms with Crippen LogP contribution >= 0.6 is 0 Å².